The van der Waals surface area contributed by atoms with Gasteiger partial charge in [-0.2, -0.15) is 0 Å². The van der Waals surface area contributed by atoms with Crippen LogP contribution in [0, 0.1) is 0 Å². The van der Waals surface area contributed by atoms with Gasteiger partial charge in [-0.1, -0.05) is 6.07 Å². The fourth-order valence-corrected chi connectivity index (χ4v) is 3.52. The number of hydrogen-bond donors (Lipinski definition) is 5. The quantitative estimate of drug-likeness (QED) is 0.368. The van der Waals surface area contributed by atoms with Gasteiger partial charge in [0.05, 0.1) is 0 Å². The molecule has 0 saturated carbocycles. The fraction of sp³-hybridized carbons (Fsp3) is 0.250. The van der Waals surface area contributed by atoms with Crippen LogP contribution in [0.25, 0.3) is 0 Å². The van der Waals surface area contributed by atoms with E-state index in [0.29, 0.717) is 16.7 Å². The van der Waals surface area contributed by atoms with E-state index in [4.69, 9.17) is 4.74 Å². The molecule has 25 heavy (non-hydrogen) atoms. The molecule has 1 aliphatic heterocycles. The van der Waals surface area contributed by atoms with Crippen molar-refractivity contribution in [2.24, 2.45) is 0 Å². The number of phenolic OH excluding ortho intramolecular Hbond substituents is 4. The Morgan fingerprint density at radius 2 is 1.52 bits per heavy atom. The van der Waals surface area contributed by atoms with Crippen LogP contribution in [-0.4, -0.2) is 54.2 Å². The van der Waals surface area contributed by atoms with Gasteiger partial charge < -0.3 is 46.7 Å². The second kappa shape index (κ2) is 6.30. The number of fused-ring (bicyclic) bond motifs is 5. The van der Waals surface area contributed by atoms with Crippen LogP contribution in [0.4, 0.5) is 0 Å². The Hall–Kier alpha value is -2.72. The van der Waals surface area contributed by atoms with Crippen molar-refractivity contribution in [2.75, 3.05) is 6.61 Å². The number of aliphatic hydroxyl groups is 1. The van der Waals surface area contributed by atoms with Crippen LogP contribution in [-0.2, 0) is 6.42 Å². The van der Waals surface area contributed by atoms with Gasteiger partial charge in [0.2, 0.25) is 5.75 Å². The summed E-state index contributed by atoms with van der Waals surface area (Å²) in [5.41, 5.74) is 0.700. The minimum absolute atomic E-state index is 0. The first kappa shape index (κ1) is 20.3. The summed E-state index contributed by atoms with van der Waals surface area (Å²) >= 11 is 0. The maximum atomic E-state index is 10.9. The van der Waals surface area contributed by atoms with Crippen molar-refractivity contribution in [3.8, 4) is 28.7 Å². The third kappa shape index (κ3) is 2.59. The van der Waals surface area contributed by atoms with Crippen LogP contribution >= 0.6 is 0 Å². The molecule has 4 rings (SSSR count). The molecule has 0 aromatic heterocycles. The van der Waals surface area contributed by atoms with Gasteiger partial charge in [-0.3, -0.25) is 0 Å². The minimum Gasteiger partial charge on any atom is -0.504 e. The first-order valence-corrected chi connectivity index (χ1v) is 6.85. The molecule has 2 aliphatic rings. The number of benzene rings is 2. The summed E-state index contributed by atoms with van der Waals surface area (Å²) in [6.45, 7) is -0.0577. The normalized spacial score (nSPS) is 22.0. The molecule has 2 atom stereocenters. The Morgan fingerprint density at radius 1 is 0.880 bits per heavy atom. The van der Waals surface area contributed by atoms with Gasteiger partial charge in [-0.15, -0.1) is 0 Å². The van der Waals surface area contributed by atoms with Crippen LogP contribution in [0.3, 0.4) is 0 Å². The average Bonchev–Trinajstić information content (AvgIpc) is 2.75. The summed E-state index contributed by atoms with van der Waals surface area (Å²) in [6, 6.07) is 5.77. The highest BCUT2D eigenvalue weighted by molar-refractivity contribution is 5.63. The maximum absolute atomic E-state index is 10.9. The SMILES string of the molecule is O.O.O.Oc1cc2c(cc1O)C1c3ccc(O)c(O)c3OC[C@]1(O)C2. The summed E-state index contributed by atoms with van der Waals surface area (Å²) < 4.78 is 5.46. The third-order valence-corrected chi connectivity index (χ3v) is 4.50. The molecule has 0 fully saturated rings. The molecule has 0 radical (unpaired) electrons. The van der Waals surface area contributed by atoms with E-state index in [1.165, 1.54) is 18.2 Å². The molecule has 0 bridgehead atoms. The van der Waals surface area contributed by atoms with Gasteiger partial charge in [0.15, 0.2) is 23.0 Å². The number of ether oxygens (including phenoxy) is 1. The second-order valence-electron chi connectivity index (χ2n) is 5.89. The Bertz CT molecular complexity index is 805. The van der Waals surface area contributed by atoms with Crippen molar-refractivity contribution in [1.82, 2.24) is 0 Å². The van der Waals surface area contributed by atoms with E-state index in [-0.39, 0.29) is 58.2 Å². The molecular formula is C16H20O9. The van der Waals surface area contributed by atoms with Crippen LogP contribution in [0.1, 0.15) is 22.6 Å². The van der Waals surface area contributed by atoms with Crippen LogP contribution in [0.15, 0.2) is 24.3 Å². The standard InChI is InChI=1S/C16H14O6.3H2O/c17-10-2-1-8-13-9-4-12(19)11(18)3-7(9)5-16(13,21)6-22-15(8)14(10)20;;;/h1-4,13,17-21H,5-6H2;3*1H2/t13?,16-;;;/m1.../s1. The molecule has 0 saturated heterocycles. The fourth-order valence-electron chi connectivity index (χ4n) is 3.52. The van der Waals surface area contributed by atoms with Crippen molar-refractivity contribution in [3.05, 3.63) is 41.0 Å². The number of rotatable bonds is 0. The zero-order valence-corrected chi connectivity index (χ0v) is 12.9. The van der Waals surface area contributed by atoms with E-state index in [1.54, 1.807) is 6.07 Å². The van der Waals surface area contributed by atoms with Gasteiger partial charge in [0, 0.05) is 17.9 Å². The van der Waals surface area contributed by atoms with Crippen molar-refractivity contribution < 1.29 is 46.7 Å². The zero-order valence-electron chi connectivity index (χ0n) is 12.9. The van der Waals surface area contributed by atoms with Crippen molar-refractivity contribution >= 4 is 0 Å². The average molecular weight is 356 g/mol. The predicted molar refractivity (Wildman–Crippen MR) is 86.4 cm³/mol. The highest BCUT2D eigenvalue weighted by Gasteiger charge is 2.51. The molecule has 9 heteroatoms. The van der Waals surface area contributed by atoms with Crippen LogP contribution in [0.5, 0.6) is 28.7 Å². The largest absolute Gasteiger partial charge is 0.504 e. The van der Waals surface area contributed by atoms with Crippen molar-refractivity contribution in [3.63, 3.8) is 0 Å². The van der Waals surface area contributed by atoms with E-state index in [0.717, 1.165) is 0 Å². The number of aromatic hydroxyl groups is 4. The first-order valence-electron chi connectivity index (χ1n) is 6.85. The van der Waals surface area contributed by atoms with E-state index < -0.39 is 11.5 Å². The molecule has 9 nitrogen and oxygen atoms in total. The van der Waals surface area contributed by atoms with Gasteiger partial charge in [-0.25, -0.2) is 0 Å². The van der Waals surface area contributed by atoms with Crippen LogP contribution in [0.2, 0.25) is 0 Å². The molecule has 2 aromatic rings. The lowest BCUT2D eigenvalue weighted by Crippen LogP contribution is -2.43. The Kier molecular flexibility index (Phi) is 5.12. The molecular weight excluding hydrogens is 336 g/mol. The second-order valence-corrected chi connectivity index (χ2v) is 5.89. The molecule has 2 aromatic carbocycles. The molecule has 1 aliphatic carbocycles. The summed E-state index contributed by atoms with van der Waals surface area (Å²) in [4.78, 5) is 0. The Labute approximate surface area is 141 Å². The molecule has 11 N–H and O–H groups in total. The van der Waals surface area contributed by atoms with E-state index in [9.17, 15) is 25.5 Å². The highest BCUT2D eigenvalue weighted by atomic mass is 16.5. The van der Waals surface area contributed by atoms with E-state index in [1.807, 2.05) is 0 Å². The van der Waals surface area contributed by atoms with E-state index >= 15 is 0 Å². The summed E-state index contributed by atoms with van der Waals surface area (Å²) in [5.74, 6) is -1.54. The molecule has 0 amide bonds. The van der Waals surface area contributed by atoms with E-state index in [2.05, 4.69) is 0 Å². The smallest absolute Gasteiger partial charge is 0.200 e. The summed E-state index contributed by atoms with van der Waals surface area (Å²) in [7, 11) is 0. The Morgan fingerprint density at radius 3 is 2.20 bits per heavy atom. The van der Waals surface area contributed by atoms with Crippen molar-refractivity contribution in [2.45, 2.75) is 17.9 Å². The lowest BCUT2D eigenvalue weighted by Gasteiger charge is -2.36. The lowest BCUT2D eigenvalue weighted by molar-refractivity contribution is -0.0228. The van der Waals surface area contributed by atoms with Crippen LogP contribution < -0.4 is 4.74 Å². The molecule has 0 spiro atoms. The lowest BCUT2D eigenvalue weighted by atomic mass is 9.80. The topological polar surface area (TPSA) is 205 Å². The highest BCUT2D eigenvalue weighted by Crippen LogP contribution is 2.55. The first-order chi connectivity index (χ1) is 10.4. The predicted octanol–water partition coefficient (Wildman–Crippen LogP) is -1.15. The number of hydrogen-bond acceptors (Lipinski definition) is 6. The van der Waals surface area contributed by atoms with Gasteiger partial charge in [-0.05, 0) is 29.3 Å². The molecule has 1 unspecified atom stereocenters. The van der Waals surface area contributed by atoms with Gasteiger partial charge in [0.25, 0.3) is 0 Å². The van der Waals surface area contributed by atoms with Crippen molar-refractivity contribution in [1.29, 1.82) is 0 Å². The molecule has 138 valence electrons. The Balaban J connectivity index is 0.00000104. The third-order valence-electron chi connectivity index (χ3n) is 4.50. The molecule has 1 heterocycles. The van der Waals surface area contributed by atoms with Gasteiger partial charge in [0.1, 0.15) is 12.2 Å². The monoisotopic (exact) mass is 356 g/mol. The summed E-state index contributed by atoms with van der Waals surface area (Å²) in [5, 5.41) is 49.8. The van der Waals surface area contributed by atoms with Gasteiger partial charge >= 0.3 is 0 Å². The number of phenols is 4. The minimum atomic E-state index is -1.22. The maximum Gasteiger partial charge on any atom is 0.200 e. The summed E-state index contributed by atoms with van der Waals surface area (Å²) in [6.07, 6.45) is 0.266. The zero-order chi connectivity index (χ0) is 15.6.